The Labute approximate surface area is 139 Å². The van der Waals surface area contributed by atoms with E-state index in [1.165, 1.54) is 5.38 Å². The van der Waals surface area contributed by atoms with Crippen molar-refractivity contribution < 1.29 is 22.8 Å². The highest BCUT2D eigenvalue weighted by atomic mass is 32.1. The molecule has 0 atom stereocenters. The van der Waals surface area contributed by atoms with Gasteiger partial charge in [0.2, 0.25) is 11.8 Å². The van der Waals surface area contributed by atoms with Gasteiger partial charge in [-0.3, -0.25) is 9.59 Å². The van der Waals surface area contributed by atoms with E-state index in [4.69, 9.17) is 0 Å². The van der Waals surface area contributed by atoms with Crippen LogP contribution in [0.5, 0.6) is 0 Å². The lowest BCUT2D eigenvalue weighted by Gasteiger charge is -2.07. The molecule has 0 radical (unpaired) electrons. The van der Waals surface area contributed by atoms with Crippen molar-refractivity contribution in [3.05, 3.63) is 47.0 Å². The maximum atomic E-state index is 12.0. The largest absolute Gasteiger partial charge is 0.405 e. The summed E-state index contributed by atoms with van der Waals surface area (Å²) in [5.41, 5.74) is 1.15. The van der Waals surface area contributed by atoms with Crippen LogP contribution >= 0.6 is 11.3 Å². The first kappa shape index (κ1) is 17.9. The highest BCUT2D eigenvalue weighted by molar-refractivity contribution is 7.13. The third kappa shape index (κ3) is 6.37. The van der Waals surface area contributed by atoms with E-state index >= 15 is 0 Å². The summed E-state index contributed by atoms with van der Waals surface area (Å²) in [5, 5.41) is 6.18. The van der Waals surface area contributed by atoms with Gasteiger partial charge >= 0.3 is 6.18 Å². The summed E-state index contributed by atoms with van der Waals surface area (Å²) in [4.78, 5) is 27.3. The molecule has 1 aromatic carbocycles. The molecule has 0 saturated carbocycles. The fourth-order valence-electron chi connectivity index (χ4n) is 1.82. The normalized spacial score (nSPS) is 11.1. The van der Waals surface area contributed by atoms with E-state index in [1.54, 1.807) is 5.32 Å². The predicted octanol–water partition coefficient (Wildman–Crippen LogP) is 2.55. The molecule has 128 valence electrons. The summed E-state index contributed by atoms with van der Waals surface area (Å²) < 4.78 is 36.0. The van der Waals surface area contributed by atoms with Crippen molar-refractivity contribution in [2.75, 3.05) is 11.9 Å². The van der Waals surface area contributed by atoms with Crippen molar-refractivity contribution >= 4 is 28.3 Å². The molecule has 9 heteroatoms. The Balaban J connectivity index is 1.82. The third-order valence-corrected chi connectivity index (χ3v) is 3.64. The highest BCUT2D eigenvalue weighted by Gasteiger charge is 2.27. The van der Waals surface area contributed by atoms with Crippen molar-refractivity contribution in [2.24, 2.45) is 0 Å². The van der Waals surface area contributed by atoms with Gasteiger partial charge in [-0.25, -0.2) is 4.98 Å². The number of aromatic nitrogens is 1. The summed E-state index contributed by atoms with van der Waals surface area (Å²) in [5.74, 6) is -1.04. The zero-order valence-corrected chi connectivity index (χ0v) is 13.2. The third-order valence-electron chi connectivity index (χ3n) is 2.83. The number of hydrogen-bond acceptors (Lipinski definition) is 4. The minimum absolute atomic E-state index is 0.182. The van der Waals surface area contributed by atoms with Crippen LogP contribution in [-0.2, 0) is 22.4 Å². The van der Waals surface area contributed by atoms with Gasteiger partial charge in [-0.2, -0.15) is 13.2 Å². The Morgan fingerprint density at radius 1 is 1.08 bits per heavy atom. The molecule has 0 aliphatic heterocycles. The summed E-state index contributed by atoms with van der Waals surface area (Å²) in [6, 6.07) is 9.13. The van der Waals surface area contributed by atoms with Gasteiger partial charge in [-0.05, 0) is 5.56 Å². The fourth-order valence-corrected chi connectivity index (χ4v) is 2.54. The van der Waals surface area contributed by atoms with Crippen LogP contribution in [0, 0.1) is 0 Å². The van der Waals surface area contributed by atoms with Gasteiger partial charge in [-0.15, -0.1) is 11.3 Å². The summed E-state index contributed by atoms with van der Waals surface area (Å²) >= 11 is 1.11. The first-order valence-electron chi connectivity index (χ1n) is 6.93. The minimum Gasteiger partial charge on any atom is -0.347 e. The maximum absolute atomic E-state index is 12.0. The molecule has 2 amide bonds. The van der Waals surface area contributed by atoms with E-state index in [-0.39, 0.29) is 18.7 Å². The molecule has 0 unspecified atom stereocenters. The molecule has 0 spiro atoms. The molecule has 2 N–H and O–H groups in total. The van der Waals surface area contributed by atoms with Gasteiger partial charge in [0, 0.05) is 5.38 Å². The first-order chi connectivity index (χ1) is 11.3. The van der Waals surface area contributed by atoms with E-state index in [2.05, 4.69) is 10.3 Å². The lowest BCUT2D eigenvalue weighted by molar-refractivity contribution is -0.138. The average Bonchev–Trinajstić information content (AvgIpc) is 2.92. The van der Waals surface area contributed by atoms with Crippen LogP contribution in [0.15, 0.2) is 35.7 Å². The Morgan fingerprint density at radius 2 is 1.79 bits per heavy atom. The molecule has 1 aromatic heterocycles. The first-order valence-corrected chi connectivity index (χ1v) is 7.81. The number of carbonyl (C=O) groups excluding carboxylic acids is 2. The number of anilines is 1. The van der Waals surface area contributed by atoms with E-state index in [9.17, 15) is 22.8 Å². The van der Waals surface area contributed by atoms with Crippen LogP contribution in [0.25, 0.3) is 0 Å². The van der Waals surface area contributed by atoms with E-state index in [1.807, 2.05) is 30.3 Å². The quantitative estimate of drug-likeness (QED) is 0.835. The molecule has 0 aliphatic carbocycles. The van der Waals surface area contributed by atoms with E-state index in [0.717, 1.165) is 16.9 Å². The van der Waals surface area contributed by atoms with Crippen molar-refractivity contribution in [3.8, 4) is 0 Å². The predicted molar refractivity (Wildman–Crippen MR) is 83.7 cm³/mol. The smallest absolute Gasteiger partial charge is 0.347 e. The zero-order valence-electron chi connectivity index (χ0n) is 12.4. The molecular formula is C15H14F3N3O2S. The van der Waals surface area contributed by atoms with Gasteiger partial charge in [0.1, 0.15) is 6.54 Å². The van der Waals surface area contributed by atoms with Crippen LogP contribution in [0.2, 0.25) is 0 Å². The summed E-state index contributed by atoms with van der Waals surface area (Å²) in [7, 11) is 0. The number of rotatable bonds is 6. The van der Waals surface area contributed by atoms with Gasteiger partial charge in [0.15, 0.2) is 5.13 Å². The maximum Gasteiger partial charge on any atom is 0.405 e. The zero-order chi connectivity index (χ0) is 17.6. The van der Waals surface area contributed by atoms with Gasteiger partial charge in [0.05, 0.1) is 18.5 Å². The molecule has 0 fully saturated rings. The molecule has 0 bridgehead atoms. The summed E-state index contributed by atoms with van der Waals surface area (Å²) in [6.45, 7) is -1.38. The van der Waals surface area contributed by atoms with Gasteiger partial charge in [0.25, 0.3) is 0 Å². The van der Waals surface area contributed by atoms with Crippen molar-refractivity contribution in [1.82, 2.24) is 10.3 Å². The second-order valence-corrected chi connectivity index (χ2v) is 5.78. The topological polar surface area (TPSA) is 71.1 Å². The number of thiazole rings is 1. The van der Waals surface area contributed by atoms with Crippen molar-refractivity contribution in [1.29, 1.82) is 0 Å². The number of alkyl halides is 3. The van der Waals surface area contributed by atoms with Crippen LogP contribution in [0.4, 0.5) is 18.3 Å². The van der Waals surface area contributed by atoms with E-state index < -0.39 is 18.6 Å². The molecular weight excluding hydrogens is 343 g/mol. The second-order valence-electron chi connectivity index (χ2n) is 4.92. The van der Waals surface area contributed by atoms with Crippen LogP contribution in [0.1, 0.15) is 11.3 Å². The molecule has 1 heterocycles. The van der Waals surface area contributed by atoms with Gasteiger partial charge in [-0.1, -0.05) is 30.3 Å². The number of benzene rings is 1. The molecule has 5 nitrogen and oxygen atoms in total. The number of halogens is 3. The SMILES string of the molecule is O=C(Cc1csc(NC(=O)Cc2ccccc2)n1)NCC(F)(F)F. The number of nitrogens with zero attached hydrogens (tertiary/aromatic N) is 1. The molecule has 2 rings (SSSR count). The van der Waals surface area contributed by atoms with Crippen molar-refractivity contribution in [3.63, 3.8) is 0 Å². The standard InChI is InChI=1S/C15H14F3N3O2S/c16-15(17,18)9-19-12(22)7-11-8-24-14(20-11)21-13(23)6-10-4-2-1-3-5-10/h1-5,8H,6-7,9H2,(H,19,22)(H,20,21,23). The number of hydrogen-bond donors (Lipinski definition) is 2. The Hall–Kier alpha value is -2.42. The Morgan fingerprint density at radius 3 is 2.46 bits per heavy atom. The number of nitrogens with one attached hydrogen (secondary N) is 2. The fraction of sp³-hybridized carbons (Fsp3) is 0.267. The van der Waals surface area contributed by atoms with E-state index in [0.29, 0.717) is 10.8 Å². The number of amides is 2. The Bertz CT molecular complexity index is 701. The lowest BCUT2D eigenvalue weighted by atomic mass is 10.1. The van der Waals surface area contributed by atoms with Crippen molar-refractivity contribution in [2.45, 2.75) is 19.0 Å². The lowest BCUT2D eigenvalue weighted by Crippen LogP contribution is -2.34. The minimum atomic E-state index is -4.45. The Kier molecular flexibility index (Phi) is 5.91. The van der Waals surface area contributed by atoms with Crippen LogP contribution < -0.4 is 10.6 Å². The monoisotopic (exact) mass is 357 g/mol. The van der Waals surface area contributed by atoms with Gasteiger partial charge < -0.3 is 10.6 Å². The number of carbonyl (C=O) groups is 2. The molecule has 0 saturated heterocycles. The molecule has 0 aliphatic rings. The summed E-state index contributed by atoms with van der Waals surface area (Å²) in [6.07, 6.45) is -4.54. The van der Waals surface area contributed by atoms with Crippen LogP contribution in [-0.4, -0.2) is 29.5 Å². The van der Waals surface area contributed by atoms with Crippen LogP contribution in [0.3, 0.4) is 0 Å². The molecule has 24 heavy (non-hydrogen) atoms. The second kappa shape index (κ2) is 7.91. The highest BCUT2D eigenvalue weighted by Crippen LogP contribution is 2.17. The molecule has 2 aromatic rings. The average molecular weight is 357 g/mol.